The van der Waals surface area contributed by atoms with Crippen LogP contribution >= 0.6 is 0 Å². The molecule has 0 radical (unpaired) electrons. The molecule has 3 aromatic carbocycles. The maximum Gasteiger partial charge on any atom is 0.193 e. The fraction of sp³-hybridized carbons (Fsp3) is 0. The highest BCUT2D eigenvalue weighted by molar-refractivity contribution is 6.16. The van der Waals surface area contributed by atoms with Crippen molar-refractivity contribution in [3.8, 4) is 11.3 Å². The van der Waals surface area contributed by atoms with Gasteiger partial charge in [0.2, 0.25) is 0 Å². The molecule has 0 aliphatic carbocycles. The number of fused-ring (bicyclic) bond motifs is 1. The molecule has 1 heterocycles. The summed E-state index contributed by atoms with van der Waals surface area (Å²) in [7, 11) is 0. The van der Waals surface area contributed by atoms with Crippen LogP contribution in [0.1, 0.15) is 15.9 Å². The van der Waals surface area contributed by atoms with Crippen molar-refractivity contribution >= 4 is 16.7 Å². The Morgan fingerprint density at radius 3 is 2.08 bits per heavy atom. The lowest BCUT2D eigenvalue weighted by Crippen LogP contribution is -2.03. The van der Waals surface area contributed by atoms with E-state index in [0.717, 1.165) is 22.2 Å². The van der Waals surface area contributed by atoms with Crippen LogP contribution in [0.15, 0.2) is 91.0 Å². The summed E-state index contributed by atoms with van der Waals surface area (Å²) in [6, 6.07) is 29.0. The zero-order valence-corrected chi connectivity index (χ0v) is 13.0. The Balaban J connectivity index is 1.95. The van der Waals surface area contributed by atoms with Crippen molar-refractivity contribution < 1.29 is 4.79 Å². The lowest BCUT2D eigenvalue weighted by atomic mass is 9.97. The molecule has 1 aromatic heterocycles. The van der Waals surface area contributed by atoms with E-state index in [1.165, 1.54) is 0 Å². The molecule has 4 rings (SSSR count). The van der Waals surface area contributed by atoms with Gasteiger partial charge in [-0.2, -0.15) is 0 Å². The second-order valence-electron chi connectivity index (χ2n) is 5.63. The number of nitrogens with zero attached hydrogens (tertiary/aromatic N) is 1. The van der Waals surface area contributed by atoms with Crippen LogP contribution in [0, 0.1) is 0 Å². The first-order chi connectivity index (χ1) is 11.8. The third-order valence-corrected chi connectivity index (χ3v) is 4.07. The summed E-state index contributed by atoms with van der Waals surface area (Å²) < 4.78 is 0. The second kappa shape index (κ2) is 6.09. The summed E-state index contributed by atoms with van der Waals surface area (Å²) in [5.74, 6) is 0.0198. The van der Waals surface area contributed by atoms with Gasteiger partial charge in [0, 0.05) is 22.1 Å². The largest absolute Gasteiger partial charge is 0.289 e. The fourth-order valence-corrected chi connectivity index (χ4v) is 2.87. The molecular formula is C22H15NO. The van der Waals surface area contributed by atoms with Crippen molar-refractivity contribution in [3.63, 3.8) is 0 Å². The Bertz CT molecular complexity index is 1010. The zero-order valence-electron chi connectivity index (χ0n) is 13.0. The molecule has 0 fully saturated rings. The SMILES string of the molecule is O=C(c1ccccc1)c1cc(-c2ccccc2)nc2ccccc12. The van der Waals surface area contributed by atoms with E-state index in [0.29, 0.717) is 11.1 Å². The van der Waals surface area contributed by atoms with E-state index in [-0.39, 0.29) is 5.78 Å². The molecule has 0 aliphatic rings. The Kier molecular flexibility index (Phi) is 3.64. The molecule has 2 nitrogen and oxygen atoms in total. The summed E-state index contributed by atoms with van der Waals surface area (Å²) in [6.07, 6.45) is 0. The molecule has 0 spiro atoms. The van der Waals surface area contributed by atoms with E-state index in [9.17, 15) is 4.79 Å². The number of benzene rings is 3. The molecule has 0 amide bonds. The molecule has 0 atom stereocenters. The molecule has 0 saturated heterocycles. The van der Waals surface area contributed by atoms with Crippen molar-refractivity contribution in [2.24, 2.45) is 0 Å². The van der Waals surface area contributed by atoms with Crippen molar-refractivity contribution in [1.82, 2.24) is 4.98 Å². The summed E-state index contributed by atoms with van der Waals surface area (Å²) in [5, 5.41) is 0.881. The van der Waals surface area contributed by atoms with Gasteiger partial charge in [0.15, 0.2) is 5.78 Å². The molecular weight excluding hydrogens is 294 g/mol. The molecule has 4 aromatic rings. The van der Waals surface area contributed by atoms with Gasteiger partial charge in [0.1, 0.15) is 0 Å². The predicted molar refractivity (Wildman–Crippen MR) is 97.1 cm³/mol. The first-order valence-electron chi connectivity index (χ1n) is 7.88. The maximum atomic E-state index is 13.0. The first-order valence-corrected chi connectivity index (χ1v) is 7.88. The zero-order chi connectivity index (χ0) is 16.4. The fourth-order valence-electron chi connectivity index (χ4n) is 2.87. The number of pyridine rings is 1. The van der Waals surface area contributed by atoms with Gasteiger partial charge in [-0.3, -0.25) is 4.79 Å². The number of hydrogen-bond acceptors (Lipinski definition) is 2. The summed E-state index contributed by atoms with van der Waals surface area (Å²) in [4.78, 5) is 17.7. The highest BCUT2D eigenvalue weighted by atomic mass is 16.1. The van der Waals surface area contributed by atoms with E-state index >= 15 is 0 Å². The minimum absolute atomic E-state index is 0.0198. The number of ketones is 1. The van der Waals surface area contributed by atoms with E-state index < -0.39 is 0 Å². The van der Waals surface area contributed by atoms with Crippen molar-refractivity contribution in [2.75, 3.05) is 0 Å². The number of hydrogen-bond donors (Lipinski definition) is 0. The van der Waals surface area contributed by atoms with E-state index in [2.05, 4.69) is 0 Å². The molecule has 0 saturated carbocycles. The highest BCUT2D eigenvalue weighted by Crippen LogP contribution is 2.26. The average Bonchev–Trinajstić information content (AvgIpc) is 2.68. The molecule has 24 heavy (non-hydrogen) atoms. The summed E-state index contributed by atoms with van der Waals surface area (Å²) in [6.45, 7) is 0. The van der Waals surface area contributed by atoms with E-state index in [1.807, 2.05) is 91.0 Å². The Morgan fingerprint density at radius 1 is 0.708 bits per heavy atom. The molecule has 0 N–H and O–H groups in total. The van der Waals surface area contributed by atoms with Gasteiger partial charge in [0.05, 0.1) is 11.2 Å². The van der Waals surface area contributed by atoms with Crippen LogP contribution < -0.4 is 0 Å². The lowest BCUT2D eigenvalue weighted by Gasteiger charge is -2.09. The minimum Gasteiger partial charge on any atom is -0.289 e. The van der Waals surface area contributed by atoms with Gasteiger partial charge < -0.3 is 0 Å². The summed E-state index contributed by atoms with van der Waals surface area (Å²) in [5.41, 5.74) is 4.02. The predicted octanol–water partition coefficient (Wildman–Crippen LogP) is 5.13. The van der Waals surface area contributed by atoms with Gasteiger partial charge in [-0.15, -0.1) is 0 Å². The third kappa shape index (κ3) is 2.59. The smallest absolute Gasteiger partial charge is 0.193 e. The highest BCUT2D eigenvalue weighted by Gasteiger charge is 2.15. The lowest BCUT2D eigenvalue weighted by molar-refractivity contribution is 0.104. The van der Waals surface area contributed by atoms with Crippen LogP contribution in [0.4, 0.5) is 0 Å². The van der Waals surface area contributed by atoms with Crippen LogP contribution in [0.25, 0.3) is 22.2 Å². The van der Waals surface area contributed by atoms with Gasteiger partial charge in [-0.1, -0.05) is 78.9 Å². The Morgan fingerprint density at radius 2 is 1.33 bits per heavy atom. The summed E-state index contributed by atoms with van der Waals surface area (Å²) >= 11 is 0. The average molecular weight is 309 g/mol. The number of rotatable bonds is 3. The van der Waals surface area contributed by atoms with Gasteiger partial charge in [-0.25, -0.2) is 4.98 Å². The monoisotopic (exact) mass is 309 g/mol. The van der Waals surface area contributed by atoms with Crippen LogP contribution in [0.3, 0.4) is 0 Å². The standard InChI is InChI=1S/C22H15NO/c24-22(17-11-5-2-6-12-17)19-15-21(16-9-3-1-4-10-16)23-20-14-8-7-13-18(19)20/h1-15H. The second-order valence-corrected chi connectivity index (χ2v) is 5.63. The Labute approximate surface area is 140 Å². The third-order valence-electron chi connectivity index (χ3n) is 4.07. The molecule has 2 heteroatoms. The topological polar surface area (TPSA) is 30.0 Å². The van der Waals surface area contributed by atoms with Gasteiger partial charge in [0.25, 0.3) is 0 Å². The van der Waals surface area contributed by atoms with Gasteiger partial charge in [-0.05, 0) is 12.1 Å². The van der Waals surface area contributed by atoms with Crippen LogP contribution in [0.5, 0.6) is 0 Å². The number of carbonyl (C=O) groups excluding carboxylic acids is 1. The molecule has 0 bridgehead atoms. The first kappa shape index (κ1) is 14.3. The minimum atomic E-state index is 0.0198. The normalized spacial score (nSPS) is 10.7. The number of carbonyl (C=O) groups is 1. The van der Waals surface area contributed by atoms with Crippen molar-refractivity contribution in [1.29, 1.82) is 0 Å². The maximum absolute atomic E-state index is 13.0. The van der Waals surface area contributed by atoms with Crippen molar-refractivity contribution in [2.45, 2.75) is 0 Å². The van der Waals surface area contributed by atoms with Crippen LogP contribution in [0.2, 0.25) is 0 Å². The Hall–Kier alpha value is -3.26. The number of para-hydroxylation sites is 1. The number of aromatic nitrogens is 1. The van der Waals surface area contributed by atoms with Gasteiger partial charge >= 0.3 is 0 Å². The van der Waals surface area contributed by atoms with Crippen molar-refractivity contribution in [3.05, 3.63) is 102 Å². The van der Waals surface area contributed by atoms with Crippen LogP contribution in [-0.2, 0) is 0 Å². The quantitative estimate of drug-likeness (QED) is 0.491. The van der Waals surface area contributed by atoms with E-state index in [4.69, 9.17) is 4.98 Å². The van der Waals surface area contributed by atoms with E-state index in [1.54, 1.807) is 0 Å². The van der Waals surface area contributed by atoms with Crippen LogP contribution in [-0.4, -0.2) is 10.8 Å². The molecule has 0 aliphatic heterocycles. The molecule has 0 unspecified atom stereocenters. The molecule has 114 valence electrons.